The van der Waals surface area contributed by atoms with Gasteiger partial charge in [-0.3, -0.25) is 9.89 Å². The molecular weight excluding hydrogens is 310 g/mol. The van der Waals surface area contributed by atoms with Crippen LogP contribution in [0, 0.1) is 5.41 Å². The van der Waals surface area contributed by atoms with Crippen LogP contribution in [0.4, 0.5) is 10.9 Å². The molecular formula is C16H23N5OS. The van der Waals surface area contributed by atoms with Gasteiger partial charge in [0.1, 0.15) is 0 Å². The number of nitrogens with zero attached hydrogens (tertiary/aromatic N) is 2. The Morgan fingerprint density at radius 3 is 3.04 bits per heavy atom. The maximum Gasteiger partial charge on any atom is 0.234 e. The Hall–Kier alpha value is -1.89. The Morgan fingerprint density at radius 2 is 2.30 bits per heavy atom. The molecule has 0 radical (unpaired) electrons. The van der Waals surface area contributed by atoms with Crippen LogP contribution >= 0.6 is 11.3 Å². The molecule has 7 heteroatoms. The summed E-state index contributed by atoms with van der Waals surface area (Å²) in [6.45, 7) is 6.51. The maximum absolute atomic E-state index is 12.6. The first-order valence-electron chi connectivity index (χ1n) is 7.92. The fraction of sp³-hybridized carbons (Fsp3) is 0.562. The number of hydrogen-bond donors (Lipinski definition) is 3. The highest BCUT2D eigenvalue weighted by molar-refractivity contribution is 7.15. The predicted octanol–water partition coefficient (Wildman–Crippen LogP) is 3.10. The lowest BCUT2D eigenvalue weighted by Gasteiger charge is -2.19. The molecule has 1 atom stereocenters. The van der Waals surface area contributed by atoms with Gasteiger partial charge in [-0.05, 0) is 31.1 Å². The third-order valence-corrected chi connectivity index (χ3v) is 4.85. The van der Waals surface area contributed by atoms with Gasteiger partial charge in [-0.25, -0.2) is 4.98 Å². The van der Waals surface area contributed by atoms with Gasteiger partial charge in [0.05, 0.1) is 11.6 Å². The number of hydrogen-bond acceptors (Lipinski definition) is 5. The van der Waals surface area contributed by atoms with Gasteiger partial charge in [-0.2, -0.15) is 5.10 Å². The van der Waals surface area contributed by atoms with Gasteiger partial charge in [0, 0.05) is 16.6 Å². The second-order valence-corrected chi connectivity index (χ2v) is 8.43. The number of amides is 1. The number of thiazole rings is 1. The molecule has 0 aromatic carbocycles. The van der Waals surface area contributed by atoms with Crippen molar-refractivity contribution in [1.82, 2.24) is 15.2 Å². The third-order valence-electron chi connectivity index (χ3n) is 3.89. The van der Waals surface area contributed by atoms with Crippen molar-refractivity contribution in [3.8, 4) is 0 Å². The SMILES string of the molecule is CC(C)(C)Cc1cc(NC(=O)C2CCCc3sc(N)nc32)n[nH]1. The number of rotatable bonds is 3. The van der Waals surface area contributed by atoms with E-state index >= 15 is 0 Å². The van der Waals surface area contributed by atoms with Crippen LogP contribution in [0.1, 0.15) is 55.8 Å². The van der Waals surface area contributed by atoms with E-state index in [-0.39, 0.29) is 17.2 Å². The largest absolute Gasteiger partial charge is 0.375 e. The molecule has 0 fully saturated rings. The summed E-state index contributed by atoms with van der Waals surface area (Å²) in [5, 5.41) is 10.6. The van der Waals surface area contributed by atoms with Crippen LogP contribution < -0.4 is 11.1 Å². The number of fused-ring (bicyclic) bond motifs is 1. The van der Waals surface area contributed by atoms with Crippen molar-refractivity contribution in [3.05, 3.63) is 22.3 Å². The molecule has 124 valence electrons. The Bertz CT molecular complexity index is 712. The summed E-state index contributed by atoms with van der Waals surface area (Å²) in [6.07, 6.45) is 3.64. The zero-order valence-corrected chi connectivity index (χ0v) is 14.6. The molecule has 1 aliphatic carbocycles. The molecule has 2 heterocycles. The minimum absolute atomic E-state index is 0.0509. The van der Waals surface area contributed by atoms with E-state index in [9.17, 15) is 4.79 Å². The van der Waals surface area contributed by atoms with Crippen molar-refractivity contribution >= 4 is 28.2 Å². The molecule has 1 aliphatic rings. The quantitative estimate of drug-likeness (QED) is 0.804. The van der Waals surface area contributed by atoms with Gasteiger partial charge >= 0.3 is 0 Å². The van der Waals surface area contributed by atoms with Gasteiger partial charge < -0.3 is 11.1 Å². The summed E-state index contributed by atoms with van der Waals surface area (Å²) >= 11 is 1.49. The molecule has 0 bridgehead atoms. The van der Waals surface area contributed by atoms with Crippen LogP contribution in [0.3, 0.4) is 0 Å². The Labute approximate surface area is 139 Å². The summed E-state index contributed by atoms with van der Waals surface area (Å²) < 4.78 is 0. The summed E-state index contributed by atoms with van der Waals surface area (Å²) in [5.74, 6) is 0.296. The number of aryl methyl sites for hydroxylation is 1. The molecule has 1 unspecified atom stereocenters. The molecule has 0 saturated heterocycles. The number of nitrogens with one attached hydrogen (secondary N) is 2. The van der Waals surface area contributed by atoms with Crippen molar-refractivity contribution in [1.29, 1.82) is 0 Å². The van der Waals surface area contributed by atoms with Gasteiger partial charge in [0.25, 0.3) is 0 Å². The minimum Gasteiger partial charge on any atom is -0.375 e. The topological polar surface area (TPSA) is 96.7 Å². The molecule has 1 amide bonds. The first-order chi connectivity index (χ1) is 10.8. The molecule has 0 saturated carbocycles. The number of aromatic amines is 1. The lowest BCUT2D eigenvalue weighted by atomic mass is 9.90. The summed E-state index contributed by atoms with van der Waals surface area (Å²) in [5.41, 5.74) is 7.84. The molecule has 0 aliphatic heterocycles. The lowest BCUT2D eigenvalue weighted by molar-refractivity contribution is -0.118. The first kappa shape index (κ1) is 16.0. The van der Waals surface area contributed by atoms with Crippen LogP contribution in [0.5, 0.6) is 0 Å². The number of carbonyl (C=O) groups excluding carboxylic acids is 1. The van der Waals surface area contributed by atoms with E-state index in [0.717, 1.165) is 41.9 Å². The molecule has 4 N–H and O–H groups in total. The van der Waals surface area contributed by atoms with E-state index in [2.05, 4.69) is 41.3 Å². The van der Waals surface area contributed by atoms with E-state index in [0.29, 0.717) is 10.9 Å². The Kier molecular flexibility index (Phi) is 4.14. The van der Waals surface area contributed by atoms with Crippen molar-refractivity contribution in [2.75, 3.05) is 11.1 Å². The highest BCUT2D eigenvalue weighted by atomic mass is 32.1. The fourth-order valence-electron chi connectivity index (χ4n) is 2.99. The number of H-pyrrole nitrogens is 1. The Balaban J connectivity index is 1.71. The van der Waals surface area contributed by atoms with Crippen molar-refractivity contribution in [3.63, 3.8) is 0 Å². The predicted molar refractivity (Wildman–Crippen MR) is 92.6 cm³/mol. The number of anilines is 2. The van der Waals surface area contributed by atoms with Gasteiger partial charge in [0.15, 0.2) is 10.9 Å². The Morgan fingerprint density at radius 1 is 1.52 bits per heavy atom. The number of nitrogens with two attached hydrogens (primary N) is 1. The second kappa shape index (κ2) is 5.96. The smallest absolute Gasteiger partial charge is 0.234 e. The van der Waals surface area contributed by atoms with Crippen molar-refractivity contribution < 1.29 is 4.79 Å². The number of nitrogen functional groups attached to an aromatic ring is 1. The van der Waals surface area contributed by atoms with Crippen LogP contribution in [-0.4, -0.2) is 21.1 Å². The molecule has 23 heavy (non-hydrogen) atoms. The van der Waals surface area contributed by atoms with Crippen LogP contribution in [-0.2, 0) is 17.6 Å². The third kappa shape index (κ3) is 3.72. The normalized spacial score (nSPS) is 17.8. The van der Waals surface area contributed by atoms with Crippen LogP contribution in [0.2, 0.25) is 0 Å². The molecule has 0 spiro atoms. The second-order valence-electron chi connectivity index (χ2n) is 7.31. The van der Waals surface area contributed by atoms with Gasteiger partial charge in [-0.15, -0.1) is 11.3 Å². The molecule has 2 aromatic rings. The van der Waals surface area contributed by atoms with Crippen molar-refractivity contribution in [2.24, 2.45) is 5.41 Å². The number of carbonyl (C=O) groups is 1. The molecule has 6 nitrogen and oxygen atoms in total. The fourth-order valence-corrected chi connectivity index (χ4v) is 3.93. The van der Waals surface area contributed by atoms with Gasteiger partial charge in [0.2, 0.25) is 5.91 Å². The zero-order chi connectivity index (χ0) is 16.6. The summed E-state index contributed by atoms with van der Waals surface area (Å²) in [7, 11) is 0. The summed E-state index contributed by atoms with van der Waals surface area (Å²) in [4.78, 5) is 18.1. The van der Waals surface area contributed by atoms with Crippen LogP contribution in [0.25, 0.3) is 0 Å². The first-order valence-corrected chi connectivity index (χ1v) is 8.74. The zero-order valence-electron chi connectivity index (χ0n) is 13.8. The standard InChI is InChI=1S/C16H23N5OS/c1-16(2,3)8-9-7-12(21-20-9)18-14(22)10-5-4-6-11-13(10)19-15(17)23-11/h7,10H,4-6,8H2,1-3H3,(H2,17,19)(H2,18,20,21,22). The maximum atomic E-state index is 12.6. The van der Waals surface area contributed by atoms with Crippen LogP contribution in [0.15, 0.2) is 6.07 Å². The highest BCUT2D eigenvalue weighted by Crippen LogP contribution is 2.36. The highest BCUT2D eigenvalue weighted by Gasteiger charge is 2.30. The lowest BCUT2D eigenvalue weighted by Crippen LogP contribution is -2.24. The number of aromatic nitrogens is 3. The van der Waals surface area contributed by atoms with E-state index in [4.69, 9.17) is 5.73 Å². The monoisotopic (exact) mass is 333 g/mol. The molecule has 3 rings (SSSR count). The van der Waals surface area contributed by atoms with Crippen molar-refractivity contribution in [2.45, 2.75) is 52.4 Å². The minimum atomic E-state index is -0.227. The average Bonchev–Trinajstić information content (AvgIpc) is 3.01. The van der Waals surface area contributed by atoms with E-state index in [1.165, 1.54) is 11.3 Å². The summed E-state index contributed by atoms with van der Waals surface area (Å²) in [6, 6.07) is 1.91. The molecule has 2 aromatic heterocycles. The van der Waals surface area contributed by atoms with E-state index in [1.807, 2.05) is 6.07 Å². The average molecular weight is 333 g/mol. The van der Waals surface area contributed by atoms with Gasteiger partial charge in [-0.1, -0.05) is 20.8 Å². The van der Waals surface area contributed by atoms with E-state index in [1.54, 1.807) is 0 Å². The van der Waals surface area contributed by atoms with E-state index < -0.39 is 0 Å².